The molecule has 2 aromatic heterocycles. The van der Waals surface area contributed by atoms with Crippen molar-refractivity contribution in [1.82, 2.24) is 14.5 Å². The second-order valence-electron chi connectivity index (χ2n) is 6.27. The van der Waals surface area contributed by atoms with E-state index in [-0.39, 0.29) is 5.56 Å². The molecule has 2 heterocycles. The highest BCUT2D eigenvalue weighted by Gasteiger charge is 2.15. The van der Waals surface area contributed by atoms with Gasteiger partial charge in [-0.1, -0.05) is 0 Å². The third kappa shape index (κ3) is 4.22. The molecule has 0 radical (unpaired) electrons. The molecule has 0 spiro atoms. The summed E-state index contributed by atoms with van der Waals surface area (Å²) < 4.78 is 17.7. The maximum atomic E-state index is 12.3. The summed E-state index contributed by atoms with van der Waals surface area (Å²) in [6, 6.07) is 6.79. The second kappa shape index (κ2) is 9.00. The molecule has 0 saturated carbocycles. The first kappa shape index (κ1) is 20.7. The molecule has 3 rings (SSSR count). The molecule has 0 atom stereocenters. The zero-order valence-electron chi connectivity index (χ0n) is 16.8. The standard InChI is InChI=1S/C20H23ClN4O4/c1-12-14-6-7-17(26)25(9-5-8-21)19(14)24-20(22-12)23-13-10-15(27-2)18(29-4)16(11-13)28-3/h6-7,10-11H,5,8-9H2,1-4H3,(H,22,23,24). The Hall–Kier alpha value is -3.00. The third-order valence-electron chi connectivity index (χ3n) is 4.47. The van der Waals surface area contributed by atoms with E-state index in [4.69, 9.17) is 25.8 Å². The molecule has 0 aliphatic heterocycles. The Labute approximate surface area is 173 Å². The van der Waals surface area contributed by atoms with Crippen LogP contribution in [-0.4, -0.2) is 41.7 Å². The molecule has 1 aromatic carbocycles. The summed E-state index contributed by atoms with van der Waals surface area (Å²) in [5, 5.41) is 3.98. The van der Waals surface area contributed by atoms with Crippen LogP contribution < -0.4 is 25.1 Å². The number of halogens is 1. The summed E-state index contributed by atoms with van der Waals surface area (Å²) in [4.78, 5) is 21.5. The number of fused-ring (bicyclic) bond motifs is 1. The number of aromatic nitrogens is 3. The Morgan fingerprint density at radius 3 is 2.34 bits per heavy atom. The van der Waals surface area contributed by atoms with Crippen molar-refractivity contribution in [3.05, 3.63) is 40.3 Å². The molecule has 154 valence electrons. The van der Waals surface area contributed by atoms with Gasteiger partial charge in [0, 0.05) is 41.7 Å². The SMILES string of the molecule is COc1cc(Nc2nc(C)c3ccc(=O)n(CCCCl)c3n2)cc(OC)c1OC. The van der Waals surface area contributed by atoms with E-state index >= 15 is 0 Å². The van der Waals surface area contributed by atoms with Crippen molar-refractivity contribution in [3.63, 3.8) is 0 Å². The number of methoxy groups -OCH3 is 3. The number of nitrogens with one attached hydrogen (secondary N) is 1. The molecule has 0 fully saturated rings. The number of hydrogen-bond donors (Lipinski definition) is 1. The van der Waals surface area contributed by atoms with Crippen LogP contribution in [0.25, 0.3) is 11.0 Å². The van der Waals surface area contributed by atoms with Gasteiger partial charge >= 0.3 is 0 Å². The van der Waals surface area contributed by atoms with Gasteiger partial charge in [-0.05, 0) is 19.4 Å². The van der Waals surface area contributed by atoms with Crippen LogP contribution in [0.15, 0.2) is 29.1 Å². The molecular formula is C20H23ClN4O4. The topological polar surface area (TPSA) is 87.5 Å². The monoisotopic (exact) mass is 418 g/mol. The van der Waals surface area contributed by atoms with Gasteiger partial charge in [-0.25, -0.2) is 4.98 Å². The van der Waals surface area contributed by atoms with E-state index in [1.807, 2.05) is 6.92 Å². The Balaban J connectivity index is 2.08. The maximum Gasteiger partial charge on any atom is 0.252 e. The summed E-state index contributed by atoms with van der Waals surface area (Å²) in [6.45, 7) is 2.36. The van der Waals surface area contributed by atoms with Crippen molar-refractivity contribution < 1.29 is 14.2 Å². The number of pyridine rings is 1. The molecule has 0 aliphatic carbocycles. The summed E-state index contributed by atoms with van der Waals surface area (Å²) in [5.41, 5.74) is 1.85. The lowest BCUT2D eigenvalue weighted by molar-refractivity contribution is 0.324. The van der Waals surface area contributed by atoms with E-state index in [0.717, 1.165) is 11.1 Å². The number of nitrogens with zero attached hydrogens (tertiary/aromatic N) is 3. The van der Waals surface area contributed by atoms with Crippen molar-refractivity contribution in [2.45, 2.75) is 19.9 Å². The van der Waals surface area contributed by atoms with Crippen LogP contribution in [0.5, 0.6) is 17.2 Å². The highest BCUT2D eigenvalue weighted by molar-refractivity contribution is 6.17. The molecular weight excluding hydrogens is 396 g/mol. The minimum atomic E-state index is -0.126. The van der Waals surface area contributed by atoms with Crippen LogP contribution in [0.4, 0.5) is 11.6 Å². The fraction of sp³-hybridized carbons (Fsp3) is 0.350. The molecule has 0 amide bonds. The number of benzene rings is 1. The molecule has 3 aromatic rings. The van der Waals surface area contributed by atoms with Crippen molar-refractivity contribution in [2.24, 2.45) is 0 Å². The number of aryl methyl sites for hydroxylation is 2. The Bertz CT molecular complexity index is 1060. The summed E-state index contributed by atoms with van der Waals surface area (Å²) in [5.74, 6) is 2.32. The third-order valence-corrected chi connectivity index (χ3v) is 4.73. The van der Waals surface area contributed by atoms with Crippen LogP contribution in [0.2, 0.25) is 0 Å². The molecule has 1 N–H and O–H groups in total. The zero-order chi connectivity index (χ0) is 21.0. The maximum absolute atomic E-state index is 12.3. The van der Waals surface area contributed by atoms with E-state index in [1.54, 1.807) is 44.1 Å². The number of hydrogen-bond acceptors (Lipinski definition) is 7. The molecule has 0 unspecified atom stereocenters. The number of anilines is 2. The molecule has 0 saturated heterocycles. The van der Waals surface area contributed by atoms with Gasteiger partial charge in [-0.3, -0.25) is 9.36 Å². The van der Waals surface area contributed by atoms with Crippen LogP contribution >= 0.6 is 11.6 Å². The number of alkyl halides is 1. The first-order valence-electron chi connectivity index (χ1n) is 9.03. The van der Waals surface area contributed by atoms with E-state index in [0.29, 0.717) is 53.4 Å². The van der Waals surface area contributed by atoms with Crippen LogP contribution in [-0.2, 0) is 6.54 Å². The minimum Gasteiger partial charge on any atom is -0.493 e. The quantitative estimate of drug-likeness (QED) is 0.560. The average Bonchev–Trinajstić information content (AvgIpc) is 2.72. The molecule has 9 heteroatoms. The predicted octanol–water partition coefficient (Wildman–Crippen LogP) is 3.50. The average molecular weight is 419 g/mol. The highest BCUT2D eigenvalue weighted by atomic mass is 35.5. The number of rotatable bonds is 8. The van der Waals surface area contributed by atoms with Crippen LogP contribution in [0.3, 0.4) is 0 Å². The Kier molecular flexibility index (Phi) is 6.43. The zero-order valence-corrected chi connectivity index (χ0v) is 17.5. The Morgan fingerprint density at radius 2 is 1.76 bits per heavy atom. The van der Waals surface area contributed by atoms with Gasteiger partial charge in [0.1, 0.15) is 5.65 Å². The van der Waals surface area contributed by atoms with E-state index in [2.05, 4.69) is 15.3 Å². The van der Waals surface area contributed by atoms with Gasteiger partial charge in [-0.2, -0.15) is 4.98 Å². The van der Waals surface area contributed by atoms with Crippen molar-refractivity contribution in [1.29, 1.82) is 0 Å². The summed E-state index contributed by atoms with van der Waals surface area (Å²) in [6.07, 6.45) is 0.666. The number of ether oxygens (including phenoxy) is 3. The van der Waals surface area contributed by atoms with Gasteiger partial charge < -0.3 is 19.5 Å². The first-order valence-corrected chi connectivity index (χ1v) is 9.57. The fourth-order valence-electron chi connectivity index (χ4n) is 3.09. The van der Waals surface area contributed by atoms with Gasteiger partial charge in [-0.15, -0.1) is 11.6 Å². The van der Waals surface area contributed by atoms with Gasteiger partial charge in [0.2, 0.25) is 11.7 Å². The van der Waals surface area contributed by atoms with Crippen molar-refractivity contribution in [3.8, 4) is 17.2 Å². The summed E-state index contributed by atoms with van der Waals surface area (Å²) >= 11 is 5.81. The van der Waals surface area contributed by atoms with Gasteiger partial charge in [0.25, 0.3) is 5.56 Å². The minimum absolute atomic E-state index is 0.126. The lowest BCUT2D eigenvalue weighted by Crippen LogP contribution is -2.21. The summed E-state index contributed by atoms with van der Waals surface area (Å²) in [7, 11) is 4.64. The molecule has 29 heavy (non-hydrogen) atoms. The van der Waals surface area contributed by atoms with Crippen molar-refractivity contribution >= 4 is 34.3 Å². The highest BCUT2D eigenvalue weighted by Crippen LogP contribution is 2.40. The van der Waals surface area contributed by atoms with Crippen LogP contribution in [0, 0.1) is 6.92 Å². The Morgan fingerprint density at radius 1 is 1.07 bits per heavy atom. The van der Waals surface area contributed by atoms with Crippen molar-refractivity contribution in [2.75, 3.05) is 32.5 Å². The largest absolute Gasteiger partial charge is 0.493 e. The van der Waals surface area contributed by atoms with Crippen LogP contribution in [0.1, 0.15) is 12.1 Å². The van der Waals surface area contributed by atoms with E-state index < -0.39 is 0 Å². The fourth-order valence-corrected chi connectivity index (χ4v) is 3.21. The normalized spacial score (nSPS) is 10.8. The van der Waals surface area contributed by atoms with Gasteiger partial charge in [0.05, 0.1) is 27.0 Å². The second-order valence-corrected chi connectivity index (χ2v) is 6.65. The molecule has 8 nitrogen and oxygen atoms in total. The lowest BCUT2D eigenvalue weighted by Gasteiger charge is -2.15. The van der Waals surface area contributed by atoms with E-state index in [9.17, 15) is 4.79 Å². The van der Waals surface area contributed by atoms with E-state index in [1.165, 1.54) is 6.07 Å². The lowest BCUT2D eigenvalue weighted by atomic mass is 10.2. The molecule has 0 bridgehead atoms. The van der Waals surface area contributed by atoms with Gasteiger partial charge in [0.15, 0.2) is 11.5 Å². The first-order chi connectivity index (χ1) is 14.0. The smallest absolute Gasteiger partial charge is 0.252 e. The molecule has 0 aliphatic rings. The predicted molar refractivity (Wildman–Crippen MR) is 113 cm³/mol.